The molecular weight excluding hydrogens is 378 g/mol. The van der Waals surface area contributed by atoms with Gasteiger partial charge in [-0.25, -0.2) is 4.79 Å². The fraction of sp³-hybridized carbons (Fsp3) is 0.143. The van der Waals surface area contributed by atoms with Gasteiger partial charge < -0.3 is 10.4 Å². The van der Waals surface area contributed by atoms with E-state index >= 15 is 0 Å². The Labute approximate surface area is 138 Å². The number of hydrogen-bond acceptors (Lipinski definition) is 3. The van der Waals surface area contributed by atoms with Crippen LogP contribution in [0.4, 0.5) is 5.00 Å². The smallest absolute Gasteiger partial charge is 0.338 e. The van der Waals surface area contributed by atoms with Crippen LogP contribution in [0.15, 0.2) is 28.7 Å². The summed E-state index contributed by atoms with van der Waals surface area (Å²) in [6, 6.07) is 6.47. The maximum absolute atomic E-state index is 12.2. The predicted molar refractivity (Wildman–Crippen MR) is 87.8 cm³/mol. The standard InChI is InChI=1S/C14H11BrClNO3S/c1-2-8-6-10(14(19)20)13(21-8)17-12(18)9-4-3-7(15)5-11(9)16/h3-6H,2H2,1H3,(H,17,18)(H,19,20). The fourth-order valence-electron chi connectivity index (χ4n) is 1.71. The number of halogens is 2. The zero-order valence-electron chi connectivity index (χ0n) is 10.9. The van der Waals surface area contributed by atoms with E-state index < -0.39 is 11.9 Å². The van der Waals surface area contributed by atoms with Crippen molar-refractivity contribution < 1.29 is 14.7 Å². The molecule has 4 nitrogen and oxygen atoms in total. The van der Waals surface area contributed by atoms with E-state index in [0.717, 1.165) is 9.35 Å². The maximum atomic E-state index is 12.2. The van der Waals surface area contributed by atoms with Crippen LogP contribution in [-0.2, 0) is 6.42 Å². The molecule has 0 unspecified atom stereocenters. The Morgan fingerprint density at radius 1 is 1.33 bits per heavy atom. The minimum Gasteiger partial charge on any atom is -0.478 e. The van der Waals surface area contributed by atoms with Crippen LogP contribution >= 0.6 is 38.9 Å². The fourth-order valence-corrected chi connectivity index (χ4v) is 3.45. The lowest BCUT2D eigenvalue weighted by Gasteiger charge is -2.06. The highest BCUT2D eigenvalue weighted by molar-refractivity contribution is 9.10. The largest absolute Gasteiger partial charge is 0.478 e. The van der Waals surface area contributed by atoms with E-state index in [0.29, 0.717) is 22.0 Å². The number of aryl methyl sites for hydroxylation is 1. The Morgan fingerprint density at radius 2 is 2.05 bits per heavy atom. The van der Waals surface area contributed by atoms with Crippen LogP contribution in [0.1, 0.15) is 32.5 Å². The lowest BCUT2D eigenvalue weighted by atomic mass is 10.2. The van der Waals surface area contributed by atoms with Crippen molar-refractivity contribution >= 4 is 55.7 Å². The van der Waals surface area contributed by atoms with Gasteiger partial charge in [-0.1, -0.05) is 34.5 Å². The number of aromatic carboxylic acids is 1. The number of carbonyl (C=O) groups excluding carboxylic acids is 1. The number of carboxylic acids is 1. The zero-order chi connectivity index (χ0) is 15.6. The van der Waals surface area contributed by atoms with Crippen molar-refractivity contribution in [3.05, 3.63) is 49.8 Å². The summed E-state index contributed by atoms with van der Waals surface area (Å²) in [6.07, 6.45) is 0.708. The summed E-state index contributed by atoms with van der Waals surface area (Å²) in [6.45, 7) is 1.93. The van der Waals surface area contributed by atoms with Crippen molar-refractivity contribution in [2.75, 3.05) is 5.32 Å². The van der Waals surface area contributed by atoms with Crippen LogP contribution in [0.5, 0.6) is 0 Å². The number of amides is 1. The highest BCUT2D eigenvalue weighted by atomic mass is 79.9. The van der Waals surface area contributed by atoms with Gasteiger partial charge in [0, 0.05) is 9.35 Å². The summed E-state index contributed by atoms with van der Waals surface area (Å²) in [5.74, 6) is -1.50. The van der Waals surface area contributed by atoms with Gasteiger partial charge >= 0.3 is 5.97 Å². The molecule has 0 fully saturated rings. The minimum absolute atomic E-state index is 0.0958. The first-order valence-corrected chi connectivity index (χ1v) is 8.03. The molecule has 1 aromatic carbocycles. The third kappa shape index (κ3) is 3.64. The van der Waals surface area contributed by atoms with Crippen LogP contribution < -0.4 is 5.32 Å². The molecule has 0 aliphatic carbocycles. The van der Waals surface area contributed by atoms with Crippen LogP contribution in [0.25, 0.3) is 0 Å². The van der Waals surface area contributed by atoms with E-state index in [1.807, 2.05) is 6.92 Å². The van der Waals surface area contributed by atoms with Crippen molar-refractivity contribution in [3.8, 4) is 0 Å². The number of hydrogen-bond donors (Lipinski definition) is 2. The molecule has 0 spiro atoms. The Bertz CT molecular complexity index is 714. The Balaban J connectivity index is 2.31. The summed E-state index contributed by atoms with van der Waals surface area (Å²) in [4.78, 5) is 24.3. The molecule has 0 aliphatic rings. The number of carbonyl (C=O) groups is 2. The van der Waals surface area contributed by atoms with Crippen molar-refractivity contribution in [1.82, 2.24) is 0 Å². The first kappa shape index (κ1) is 16.0. The molecule has 0 saturated carbocycles. The molecule has 0 radical (unpaired) electrons. The third-order valence-corrected chi connectivity index (χ3v) is 4.77. The van der Waals surface area contributed by atoms with Crippen molar-refractivity contribution in [3.63, 3.8) is 0 Å². The molecule has 21 heavy (non-hydrogen) atoms. The lowest BCUT2D eigenvalue weighted by molar-refractivity contribution is 0.0698. The first-order chi connectivity index (χ1) is 9.92. The van der Waals surface area contributed by atoms with Crippen LogP contribution in [-0.4, -0.2) is 17.0 Å². The highest BCUT2D eigenvalue weighted by Gasteiger charge is 2.18. The predicted octanol–water partition coefficient (Wildman–Crippen LogP) is 4.68. The van der Waals surface area contributed by atoms with Gasteiger partial charge in [0.1, 0.15) is 5.00 Å². The van der Waals surface area contributed by atoms with E-state index in [9.17, 15) is 14.7 Å². The van der Waals surface area contributed by atoms with Gasteiger partial charge in [-0.05, 0) is 30.7 Å². The summed E-state index contributed by atoms with van der Waals surface area (Å²) in [5.41, 5.74) is 0.390. The molecule has 1 aromatic heterocycles. The number of thiophene rings is 1. The van der Waals surface area contributed by atoms with Crippen molar-refractivity contribution in [2.24, 2.45) is 0 Å². The first-order valence-electron chi connectivity index (χ1n) is 6.04. The average Bonchev–Trinajstić information content (AvgIpc) is 2.81. The monoisotopic (exact) mass is 387 g/mol. The molecule has 2 aromatic rings. The summed E-state index contributed by atoms with van der Waals surface area (Å²) < 4.78 is 0.764. The van der Waals surface area contributed by atoms with E-state index in [1.54, 1.807) is 24.3 Å². The van der Waals surface area contributed by atoms with E-state index in [4.69, 9.17) is 11.6 Å². The molecule has 110 valence electrons. The Hall–Kier alpha value is -1.37. The zero-order valence-corrected chi connectivity index (χ0v) is 14.1. The average molecular weight is 389 g/mol. The second kappa shape index (κ2) is 6.60. The Kier molecular flexibility index (Phi) is 5.03. The van der Waals surface area contributed by atoms with Gasteiger partial charge in [0.25, 0.3) is 5.91 Å². The lowest BCUT2D eigenvalue weighted by Crippen LogP contribution is -2.13. The normalized spacial score (nSPS) is 10.4. The number of carboxylic acid groups (broad SMARTS) is 1. The number of rotatable bonds is 4. The number of nitrogens with one attached hydrogen (secondary N) is 1. The SMILES string of the molecule is CCc1cc(C(=O)O)c(NC(=O)c2ccc(Br)cc2Cl)s1. The molecule has 0 atom stereocenters. The van der Waals surface area contributed by atoms with Crippen molar-refractivity contribution in [2.45, 2.75) is 13.3 Å². The Morgan fingerprint density at radius 3 is 2.62 bits per heavy atom. The van der Waals surface area contributed by atoms with Gasteiger partial charge in [-0.15, -0.1) is 11.3 Å². The van der Waals surface area contributed by atoms with Crippen LogP contribution in [0, 0.1) is 0 Å². The molecule has 0 bridgehead atoms. The van der Waals surface area contributed by atoms with Gasteiger partial charge in [-0.3, -0.25) is 4.79 Å². The van der Waals surface area contributed by atoms with E-state index in [-0.39, 0.29) is 5.56 Å². The summed E-state index contributed by atoms with van der Waals surface area (Å²) in [5, 5.41) is 12.4. The highest BCUT2D eigenvalue weighted by Crippen LogP contribution is 2.30. The second-order valence-electron chi connectivity index (χ2n) is 4.19. The number of benzene rings is 1. The summed E-state index contributed by atoms with van der Waals surface area (Å²) >= 11 is 10.5. The van der Waals surface area contributed by atoms with Gasteiger partial charge in [0.15, 0.2) is 0 Å². The summed E-state index contributed by atoms with van der Waals surface area (Å²) in [7, 11) is 0. The molecule has 7 heteroatoms. The number of anilines is 1. The molecule has 2 rings (SSSR count). The third-order valence-electron chi connectivity index (χ3n) is 2.76. The van der Waals surface area contributed by atoms with Crippen LogP contribution in [0.2, 0.25) is 5.02 Å². The van der Waals surface area contributed by atoms with Gasteiger partial charge in [0.05, 0.1) is 16.1 Å². The van der Waals surface area contributed by atoms with E-state index in [1.165, 1.54) is 11.3 Å². The van der Waals surface area contributed by atoms with E-state index in [2.05, 4.69) is 21.2 Å². The molecular formula is C14H11BrClNO3S. The van der Waals surface area contributed by atoms with Crippen molar-refractivity contribution in [1.29, 1.82) is 0 Å². The quantitative estimate of drug-likeness (QED) is 0.799. The van der Waals surface area contributed by atoms with Gasteiger partial charge in [-0.2, -0.15) is 0 Å². The topological polar surface area (TPSA) is 66.4 Å². The maximum Gasteiger partial charge on any atom is 0.338 e. The van der Waals surface area contributed by atoms with Gasteiger partial charge in [0.2, 0.25) is 0 Å². The molecule has 1 amide bonds. The molecule has 0 saturated heterocycles. The molecule has 0 aliphatic heterocycles. The minimum atomic E-state index is -1.07. The molecule has 1 heterocycles. The van der Waals surface area contributed by atoms with Crippen LogP contribution in [0.3, 0.4) is 0 Å². The molecule has 2 N–H and O–H groups in total. The second-order valence-corrected chi connectivity index (χ2v) is 6.65.